The minimum Gasteiger partial charge on any atom is -0.492 e. The SMILES string of the molecule is CCC(C(=O)NCCOc1cc(C)cc(C)c1)N(c1cc([N+](=O)[O-])ccc1C)S(C)(=O)=O. The van der Waals surface area contributed by atoms with Gasteiger partial charge in [0, 0.05) is 12.1 Å². The van der Waals surface area contributed by atoms with Crippen LogP contribution in [0.15, 0.2) is 36.4 Å². The molecular formula is C22H29N3O6S. The zero-order valence-corrected chi connectivity index (χ0v) is 19.7. The molecule has 9 nitrogen and oxygen atoms in total. The van der Waals surface area contributed by atoms with E-state index in [1.807, 2.05) is 32.0 Å². The topological polar surface area (TPSA) is 119 Å². The van der Waals surface area contributed by atoms with Crippen molar-refractivity contribution in [3.05, 3.63) is 63.2 Å². The van der Waals surface area contributed by atoms with Crippen molar-refractivity contribution < 1.29 is 22.9 Å². The monoisotopic (exact) mass is 463 g/mol. The molecule has 10 heteroatoms. The summed E-state index contributed by atoms with van der Waals surface area (Å²) in [7, 11) is -3.90. The molecule has 0 fully saturated rings. The first-order chi connectivity index (χ1) is 14.9. The number of carbonyl (C=O) groups excluding carboxylic acids is 1. The van der Waals surface area contributed by atoms with Gasteiger partial charge in [-0.1, -0.05) is 19.1 Å². The fourth-order valence-corrected chi connectivity index (χ4v) is 4.72. The largest absolute Gasteiger partial charge is 0.492 e. The summed E-state index contributed by atoms with van der Waals surface area (Å²) in [6.07, 6.45) is 1.16. The lowest BCUT2D eigenvalue weighted by Gasteiger charge is -2.31. The summed E-state index contributed by atoms with van der Waals surface area (Å²) in [5.41, 5.74) is 2.48. The third kappa shape index (κ3) is 6.43. The lowest BCUT2D eigenvalue weighted by molar-refractivity contribution is -0.384. The number of hydrogen-bond donors (Lipinski definition) is 1. The lowest BCUT2D eigenvalue weighted by Crippen LogP contribution is -2.50. The van der Waals surface area contributed by atoms with E-state index in [1.165, 1.54) is 18.2 Å². The number of aryl methyl sites for hydroxylation is 3. The molecule has 0 aliphatic heterocycles. The quantitative estimate of drug-likeness (QED) is 0.328. The van der Waals surface area contributed by atoms with Crippen LogP contribution in [0.25, 0.3) is 0 Å². The number of ether oxygens (including phenoxy) is 1. The number of sulfonamides is 1. The summed E-state index contributed by atoms with van der Waals surface area (Å²) < 4.78 is 31.8. The molecule has 2 aromatic carbocycles. The van der Waals surface area contributed by atoms with E-state index in [9.17, 15) is 23.3 Å². The Labute approximate surface area is 188 Å². The van der Waals surface area contributed by atoms with Crippen LogP contribution in [0.1, 0.15) is 30.0 Å². The van der Waals surface area contributed by atoms with Crippen LogP contribution in [0.3, 0.4) is 0 Å². The molecule has 0 bridgehead atoms. The maximum atomic E-state index is 12.9. The number of rotatable bonds is 10. The van der Waals surface area contributed by atoms with Crippen LogP contribution < -0.4 is 14.4 Å². The fourth-order valence-electron chi connectivity index (χ4n) is 3.46. The van der Waals surface area contributed by atoms with Gasteiger partial charge < -0.3 is 10.1 Å². The number of anilines is 1. The van der Waals surface area contributed by atoms with Gasteiger partial charge in [-0.25, -0.2) is 8.42 Å². The van der Waals surface area contributed by atoms with Gasteiger partial charge in [0.25, 0.3) is 5.69 Å². The van der Waals surface area contributed by atoms with E-state index < -0.39 is 26.9 Å². The van der Waals surface area contributed by atoms with E-state index in [-0.39, 0.29) is 30.9 Å². The predicted octanol–water partition coefficient (Wildman–Crippen LogP) is 3.26. The normalized spacial score (nSPS) is 12.2. The summed E-state index contributed by atoms with van der Waals surface area (Å²) in [5.74, 6) is 0.182. The Morgan fingerprint density at radius 3 is 2.31 bits per heavy atom. The fraction of sp³-hybridized carbons (Fsp3) is 0.409. The summed E-state index contributed by atoms with van der Waals surface area (Å²) in [6, 6.07) is 8.68. The van der Waals surface area contributed by atoms with Gasteiger partial charge in [0.2, 0.25) is 15.9 Å². The molecule has 32 heavy (non-hydrogen) atoms. The van der Waals surface area contributed by atoms with Gasteiger partial charge in [-0.2, -0.15) is 0 Å². The molecule has 1 N–H and O–H groups in total. The van der Waals surface area contributed by atoms with Crippen molar-refractivity contribution in [1.29, 1.82) is 0 Å². The van der Waals surface area contributed by atoms with E-state index in [0.29, 0.717) is 11.3 Å². The molecule has 1 amide bonds. The molecule has 0 radical (unpaired) electrons. The lowest BCUT2D eigenvalue weighted by atomic mass is 10.1. The van der Waals surface area contributed by atoms with E-state index in [0.717, 1.165) is 21.7 Å². The van der Waals surface area contributed by atoms with E-state index in [1.54, 1.807) is 13.8 Å². The van der Waals surface area contributed by atoms with Crippen molar-refractivity contribution in [2.75, 3.05) is 23.7 Å². The molecule has 0 aliphatic rings. The minimum absolute atomic E-state index is 0.107. The van der Waals surface area contributed by atoms with Crippen molar-refractivity contribution in [2.45, 2.75) is 40.2 Å². The van der Waals surface area contributed by atoms with Crippen molar-refractivity contribution in [2.24, 2.45) is 0 Å². The highest BCUT2D eigenvalue weighted by Gasteiger charge is 2.33. The molecule has 2 aromatic rings. The first-order valence-electron chi connectivity index (χ1n) is 10.2. The second-order valence-electron chi connectivity index (χ2n) is 7.67. The van der Waals surface area contributed by atoms with Crippen LogP contribution in [-0.2, 0) is 14.8 Å². The molecule has 0 aliphatic carbocycles. The molecule has 1 unspecified atom stereocenters. The number of hydrogen-bond acceptors (Lipinski definition) is 6. The number of benzene rings is 2. The second kappa shape index (κ2) is 10.4. The van der Waals surface area contributed by atoms with Gasteiger partial charge in [0.1, 0.15) is 18.4 Å². The maximum Gasteiger partial charge on any atom is 0.271 e. The Bertz CT molecular complexity index is 1080. The number of nitro benzene ring substituents is 1. The van der Waals surface area contributed by atoms with Crippen LogP contribution in [0.2, 0.25) is 0 Å². The highest BCUT2D eigenvalue weighted by atomic mass is 32.2. The molecule has 2 rings (SSSR count). The van der Waals surface area contributed by atoms with Gasteiger partial charge in [0.15, 0.2) is 0 Å². The van der Waals surface area contributed by atoms with E-state index >= 15 is 0 Å². The Hall–Kier alpha value is -3.14. The number of nitrogens with zero attached hydrogens (tertiary/aromatic N) is 2. The number of non-ortho nitro benzene ring substituents is 1. The van der Waals surface area contributed by atoms with Gasteiger partial charge in [-0.05, 0) is 56.0 Å². The zero-order valence-electron chi connectivity index (χ0n) is 18.9. The molecule has 0 saturated heterocycles. The standard InChI is InChI=1S/C22H29N3O6S/c1-6-20(22(26)23-9-10-31-19-12-15(2)11-16(3)13-19)24(32(5,29)30)21-14-18(25(27)28)8-7-17(21)4/h7-8,11-14,20H,6,9-10H2,1-5H3,(H,23,26). The van der Waals surface area contributed by atoms with Crippen LogP contribution in [0, 0.1) is 30.9 Å². The number of nitro groups is 1. The summed E-state index contributed by atoms with van der Waals surface area (Å²) in [4.78, 5) is 23.5. The van der Waals surface area contributed by atoms with Gasteiger partial charge in [-0.15, -0.1) is 0 Å². The Balaban J connectivity index is 2.18. The third-order valence-corrected chi connectivity index (χ3v) is 6.00. The van der Waals surface area contributed by atoms with Gasteiger partial charge in [0.05, 0.1) is 23.4 Å². The van der Waals surface area contributed by atoms with Crippen molar-refractivity contribution in [3.8, 4) is 5.75 Å². The number of amides is 1. The Morgan fingerprint density at radius 2 is 1.78 bits per heavy atom. The Kier molecular flexibility index (Phi) is 8.20. The van der Waals surface area contributed by atoms with Gasteiger partial charge >= 0.3 is 0 Å². The van der Waals surface area contributed by atoms with Crippen molar-refractivity contribution >= 4 is 27.3 Å². The molecule has 174 valence electrons. The maximum absolute atomic E-state index is 12.9. The van der Waals surface area contributed by atoms with Crippen molar-refractivity contribution in [1.82, 2.24) is 5.32 Å². The molecular weight excluding hydrogens is 434 g/mol. The zero-order chi connectivity index (χ0) is 24.1. The highest BCUT2D eigenvalue weighted by molar-refractivity contribution is 7.92. The Morgan fingerprint density at radius 1 is 1.16 bits per heavy atom. The molecule has 0 spiro atoms. The number of nitrogens with one attached hydrogen (secondary N) is 1. The van der Waals surface area contributed by atoms with Crippen LogP contribution in [0.5, 0.6) is 5.75 Å². The first kappa shape index (κ1) is 25.1. The van der Waals surface area contributed by atoms with E-state index in [4.69, 9.17) is 4.74 Å². The van der Waals surface area contributed by atoms with Crippen molar-refractivity contribution in [3.63, 3.8) is 0 Å². The average molecular weight is 464 g/mol. The smallest absolute Gasteiger partial charge is 0.271 e. The molecule has 0 aromatic heterocycles. The van der Waals surface area contributed by atoms with Crippen LogP contribution in [-0.4, -0.2) is 44.7 Å². The molecule has 0 saturated carbocycles. The molecule has 1 atom stereocenters. The minimum atomic E-state index is -3.90. The van der Waals surface area contributed by atoms with E-state index in [2.05, 4.69) is 5.32 Å². The first-order valence-corrected chi connectivity index (χ1v) is 12.0. The average Bonchev–Trinajstić information content (AvgIpc) is 2.68. The summed E-state index contributed by atoms with van der Waals surface area (Å²) in [6.45, 7) is 7.63. The molecule has 0 heterocycles. The predicted molar refractivity (Wildman–Crippen MR) is 124 cm³/mol. The van der Waals surface area contributed by atoms with Crippen LogP contribution in [0.4, 0.5) is 11.4 Å². The number of carbonyl (C=O) groups is 1. The third-order valence-electron chi connectivity index (χ3n) is 4.84. The van der Waals surface area contributed by atoms with Crippen LogP contribution >= 0.6 is 0 Å². The van der Waals surface area contributed by atoms with Gasteiger partial charge in [-0.3, -0.25) is 19.2 Å². The summed E-state index contributed by atoms with van der Waals surface area (Å²) >= 11 is 0. The summed E-state index contributed by atoms with van der Waals surface area (Å²) in [5, 5.41) is 13.9. The highest BCUT2D eigenvalue weighted by Crippen LogP contribution is 2.30. The second-order valence-corrected chi connectivity index (χ2v) is 9.53.